The molecule has 0 aliphatic heterocycles. The van der Waals surface area contributed by atoms with Crippen molar-refractivity contribution in [3.05, 3.63) is 58.1 Å². The zero-order valence-electron chi connectivity index (χ0n) is 13.7. The molecule has 24 heavy (non-hydrogen) atoms. The highest BCUT2D eigenvalue weighted by molar-refractivity contribution is 7.89. The summed E-state index contributed by atoms with van der Waals surface area (Å²) < 4.78 is 26.6. The number of amides is 1. The Labute approximate surface area is 147 Å². The molecule has 128 valence electrons. The lowest BCUT2D eigenvalue weighted by Crippen LogP contribution is -2.33. The van der Waals surface area contributed by atoms with Crippen LogP contribution >= 0.6 is 11.6 Å². The molecule has 7 heteroatoms. The largest absolute Gasteiger partial charge is 0.323 e. The molecule has 2 N–H and O–H groups in total. The van der Waals surface area contributed by atoms with Crippen molar-refractivity contribution in [3.63, 3.8) is 0 Å². The van der Waals surface area contributed by atoms with E-state index in [1.165, 1.54) is 12.1 Å². The van der Waals surface area contributed by atoms with Crippen molar-refractivity contribution in [2.75, 3.05) is 11.9 Å². The van der Waals surface area contributed by atoms with E-state index in [2.05, 4.69) is 10.0 Å². The summed E-state index contributed by atoms with van der Waals surface area (Å²) in [5.41, 5.74) is 3.24. The summed E-state index contributed by atoms with van der Waals surface area (Å²) in [5.74, 6) is -0.487. The molecule has 0 aromatic heterocycles. The first-order valence-electron chi connectivity index (χ1n) is 7.32. The summed E-state index contributed by atoms with van der Waals surface area (Å²) in [7, 11) is -3.74. The van der Waals surface area contributed by atoms with Gasteiger partial charge in [-0.05, 0) is 50.1 Å². The van der Waals surface area contributed by atoms with Crippen LogP contribution in [0.25, 0.3) is 0 Å². The Balaban J connectivity index is 2.04. The molecule has 0 radical (unpaired) electrons. The van der Waals surface area contributed by atoms with Gasteiger partial charge in [-0.25, -0.2) is 13.1 Å². The maximum Gasteiger partial charge on any atom is 0.241 e. The van der Waals surface area contributed by atoms with Gasteiger partial charge in [0, 0.05) is 0 Å². The highest BCUT2D eigenvalue weighted by Crippen LogP contribution is 2.27. The predicted molar refractivity (Wildman–Crippen MR) is 95.9 cm³/mol. The minimum Gasteiger partial charge on any atom is -0.323 e. The number of rotatable bonds is 5. The minimum atomic E-state index is -3.74. The quantitative estimate of drug-likeness (QED) is 0.853. The van der Waals surface area contributed by atoms with Gasteiger partial charge in [0.2, 0.25) is 15.9 Å². The summed E-state index contributed by atoms with van der Waals surface area (Å²) >= 11 is 6.13. The van der Waals surface area contributed by atoms with E-state index in [0.29, 0.717) is 10.7 Å². The number of anilines is 1. The summed E-state index contributed by atoms with van der Waals surface area (Å²) in [6.45, 7) is 5.22. The van der Waals surface area contributed by atoms with E-state index in [9.17, 15) is 13.2 Å². The van der Waals surface area contributed by atoms with Gasteiger partial charge in [0.15, 0.2) is 0 Å². The van der Waals surface area contributed by atoms with E-state index >= 15 is 0 Å². The average Bonchev–Trinajstić information content (AvgIpc) is 2.49. The van der Waals surface area contributed by atoms with Crippen LogP contribution in [-0.4, -0.2) is 20.9 Å². The molecule has 0 aliphatic carbocycles. The van der Waals surface area contributed by atoms with Crippen LogP contribution in [-0.2, 0) is 14.8 Å². The second kappa shape index (κ2) is 7.34. The van der Waals surface area contributed by atoms with E-state index in [0.717, 1.165) is 16.7 Å². The number of aryl methyl sites for hydroxylation is 3. The number of carbonyl (C=O) groups is 1. The van der Waals surface area contributed by atoms with Crippen LogP contribution in [0.2, 0.25) is 5.02 Å². The molecule has 0 unspecified atom stereocenters. The van der Waals surface area contributed by atoms with Gasteiger partial charge in [0.05, 0.1) is 22.2 Å². The van der Waals surface area contributed by atoms with Gasteiger partial charge in [-0.3, -0.25) is 4.79 Å². The highest BCUT2D eigenvalue weighted by Gasteiger charge is 2.16. The Morgan fingerprint density at radius 1 is 1.04 bits per heavy atom. The van der Waals surface area contributed by atoms with Crippen LogP contribution in [0.5, 0.6) is 0 Å². The molecule has 2 aromatic rings. The molecule has 0 saturated heterocycles. The van der Waals surface area contributed by atoms with Crippen molar-refractivity contribution in [1.82, 2.24) is 4.72 Å². The van der Waals surface area contributed by atoms with Crippen molar-refractivity contribution in [2.45, 2.75) is 25.7 Å². The molecule has 0 spiro atoms. The molecule has 2 aromatic carbocycles. The number of halogens is 1. The molecule has 0 bridgehead atoms. The Hall–Kier alpha value is -1.89. The second-order valence-electron chi connectivity index (χ2n) is 5.62. The third-order valence-electron chi connectivity index (χ3n) is 3.45. The normalized spacial score (nSPS) is 11.3. The number of nitrogens with one attached hydrogen (secondary N) is 2. The van der Waals surface area contributed by atoms with Crippen LogP contribution in [0.4, 0.5) is 5.69 Å². The van der Waals surface area contributed by atoms with Gasteiger partial charge in [0.25, 0.3) is 0 Å². The van der Waals surface area contributed by atoms with Gasteiger partial charge in [-0.15, -0.1) is 0 Å². The number of carbonyl (C=O) groups excluding carboxylic acids is 1. The van der Waals surface area contributed by atoms with Gasteiger partial charge >= 0.3 is 0 Å². The number of benzene rings is 2. The van der Waals surface area contributed by atoms with Crippen molar-refractivity contribution in [2.24, 2.45) is 0 Å². The summed E-state index contributed by atoms with van der Waals surface area (Å²) in [5, 5.41) is 3.06. The molecule has 1 amide bonds. The molecule has 0 aliphatic rings. The van der Waals surface area contributed by atoms with Gasteiger partial charge in [-0.2, -0.15) is 0 Å². The first-order valence-corrected chi connectivity index (χ1v) is 9.18. The van der Waals surface area contributed by atoms with E-state index in [-0.39, 0.29) is 11.4 Å². The molecule has 0 atom stereocenters. The Kier molecular flexibility index (Phi) is 5.64. The third kappa shape index (κ3) is 4.56. The molecular formula is C17H19ClN2O3S. The summed E-state index contributed by atoms with van der Waals surface area (Å²) in [6, 6.07) is 10.0. The van der Waals surface area contributed by atoms with E-state index < -0.39 is 15.9 Å². The standard InChI is InChI=1S/C17H19ClN2O3S/c1-11-4-6-14(7-5-11)24(22,23)19-10-16(21)20-17-13(3)8-12(2)9-15(17)18/h4-9,19H,10H2,1-3H3,(H,20,21). The Morgan fingerprint density at radius 2 is 1.67 bits per heavy atom. The maximum atomic E-state index is 12.2. The monoisotopic (exact) mass is 366 g/mol. The van der Waals surface area contributed by atoms with Crippen molar-refractivity contribution in [3.8, 4) is 0 Å². The Bertz CT molecular complexity index is 839. The van der Waals surface area contributed by atoms with Crippen LogP contribution < -0.4 is 10.0 Å². The first kappa shape index (κ1) is 18.4. The molecule has 0 heterocycles. The summed E-state index contributed by atoms with van der Waals surface area (Å²) in [6.07, 6.45) is 0. The molecule has 0 fully saturated rings. The minimum absolute atomic E-state index is 0.116. The predicted octanol–water partition coefficient (Wildman–Crippen LogP) is 3.18. The second-order valence-corrected chi connectivity index (χ2v) is 7.80. The topological polar surface area (TPSA) is 75.3 Å². The smallest absolute Gasteiger partial charge is 0.241 e. The van der Waals surface area contributed by atoms with Crippen molar-refractivity contribution >= 4 is 33.2 Å². The number of sulfonamides is 1. The van der Waals surface area contributed by atoms with Crippen molar-refractivity contribution in [1.29, 1.82) is 0 Å². The lowest BCUT2D eigenvalue weighted by Gasteiger charge is -2.12. The fraction of sp³-hybridized carbons (Fsp3) is 0.235. The maximum absolute atomic E-state index is 12.2. The van der Waals surface area contributed by atoms with E-state index in [1.807, 2.05) is 26.8 Å². The van der Waals surface area contributed by atoms with Crippen LogP contribution in [0, 0.1) is 20.8 Å². The van der Waals surface area contributed by atoms with Crippen LogP contribution in [0.1, 0.15) is 16.7 Å². The van der Waals surface area contributed by atoms with E-state index in [1.54, 1.807) is 18.2 Å². The first-order chi connectivity index (χ1) is 11.2. The lowest BCUT2D eigenvalue weighted by atomic mass is 10.1. The van der Waals surface area contributed by atoms with Crippen molar-refractivity contribution < 1.29 is 13.2 Å². The summed E-state index contributed by atoms with van der Waals surface area (Å²) in [4.78, 5) is 12.2. The molecule has 5 nitrogen and oxygen atoms in total. The van der Waals surface area contributed by atoms with Crippen LogP contribution in [0.3, 0.4) is 0 Å². The van der Waals surface area contributed by atoms with Gasteiger partial charge in [-0.1, -0.05) is 35.4 Å². The Morgan fingerprint density at radius 3 is 2.25 bits per heavy atom. The highest BCUT2D eigenvalue weighted by atomic mass is 35.5. The fourth-order valence-electron chi connectivity index (χ4n) is 2.22. The molecular weight excluding hydrogens is 348 g/mol. The SMILES string of the molecule is Cc1ccc(S(=O)(=O)NCC(=O)Nc2c(C)cc(C)cc2Cl)cc1. The van der Waals surface area contributed by atoms with Gasteiger partial charge in [0.1, 0.15) is 0 Å². The zero-order chi connectivity index (χ0) is 17.9. The number of hydrogen-bond donors (Lipinski definition) is 2. The lowest BCUT2D eigenvalue weighted by molar-refractivity contribution is -0.115. The third-order valence-corrected chi connectivity index (χ3v) is 5.17. The molecule has 2 rings (SSSR count). The van der Waals surface area contributed by atoms with Crippen LogP contribution in [0.15, 0.2) is 41.3 Å². The van der Waals surface area contributed by atoms with E-state index in [4.69, 9.17) is 11.6 Å². The van der Waals surface area contributed by atoms with Gasteiger partial charge < -0.3 is 5.32 Å². The zero-order valence-corrected chi connectivity index (χ0v) is 15.3. The average molecular weight is 367 g/mol. The fourth-order valence-corrected chi connectivity index (χ4v) is 3.57. The molecule has 0 saturated carbocycles. The number of hydrogen-bond acceptors (Lipinski definition) is 3.